The Morgan fingerprint density at radius 1 is 1.50 bits per heavy atom. The Labute approximate surface area is 121 Å². The van der Waals surface area contributed by atoms with Gasteiger partial charge in [0.15, 0.2) is 10.8 Å². The van der Waals surface area contributed by atoms with Gasteiger partial charge in [0.1, 0.15) is 0 Å². The van der Waals surface area contributed by atoms with Crippen molar-refractivity contribution in [3.05, 3.63) is 23.3 Å². The Kier molecular flexibility index (Phi) is 3.48. The van der Waals surface area contributed by atoms with Gasteiger partial charge >= 0.3 is 5.97 Å². The van der Waals surface area contributed by atoms with Crippen molar-refractivity contribution >= 4 is 34.2 Å². The van der Waals surface area contributed by atoms with Crippen molar-refractivity contribution in [3.63, 3.8) is 0 Å². The highest BCUT2D eigenvalue weighted by Gasteiger charge is 2.21. The Bertz CT molecular complexity index is 650. The van der Waals surface area contributed by atoms with E-state index in [4.69, 9.17) is 5.11 Å². The van der Waals surface area contributed by atoms with Gasteiger partial charge in [-0.15, -0.1) is 11.3 Å². The number of rotatable bonds is 3. The molecule has 1 N–H and O–H groups in total. The van der Waals surface area contributed by atoms with Crippen LogP contribution in [0.4, 0.5) is 5.82 Å². The second kappa shape index (κ2) is 5.28. The maximum Gasteiger partial charge on any atom is 0.328 e. The van der Waals surface area contributed by atoms with E-state index in [0.717, 1.165) is 48.3 Å². The SMILES string of the molecule is CC1CCN(c2nc3sccn3c2C=CC(=O)O)CC1. The molecule has 2 aromatic rings. The van der Waals surface area contributed by atoms with Crippen LogP contribution < -0.4 is 4.90 Å². The van der Waals surface area contributed by atoms with Gasteiger partial charge in [0, 0.05) is 30.7 Å². The van der Waals surface area contributed by atoms with Crippen molar-refractivity contribution in [2.24, 2.45) is 5.92 Å². The molecule has 0 radical (unpaired) electrons. The van der Waals surface area contributed by atoms with Crippen molar-refractivity contribution in [3.8, 4) is 0 Å². The van der Waals surface area contributed by atoms with E-state index in [2.05, 4.69) is 16.8 Å². The molecule has 0 bridgehead atoms. The van der Waals surface area contributed by atoms with Crippen molar-refractivity contribution < 1.29 is 9.90 Å². The van der Waals surface area contributed by atoms with Gasteiger partial charge in [0.2, 0.25) is 0 Å². The summed E-state index contributed by atoms with van der Waals surface area (Å²) in [6, 6.07) is 0. The predicted octanol–water partition coefficient (Wildman–Crippen LogP) is 2.73. The molecule has 0 unspecified atom stereocenters. The largest absolute Gasteiger partial charge is 0.478 e. The molecule has 3 rings (SSSR count). The molecule has 0 aromatic carbocycles. The minimum Gasteiger partial charge on any atom is -0.478 e. The lowest BCUT2D eigenvalue weighted by molar-refractivity contribution is -0.131. The van der Waals surface area contributed by atoms with Crippen LogP contribution in [0.25, 0.3) is 11.0 Å². The lowest BCUT2D eigenvalue weighted by atomic mass is 9.99. The van der Waals surface area contributed by atoms with Gasteiger partial charge in [-0.05, 0) is 24.8 Å². The van der Waals surface area contributed by atoms with Gasteiger partial charge in [0.05, 0.1) is 5.69 Å². The minimum atomic E-state index is -0.937. The molecular weight excluding hydrogens is 274 g/mol. The number of piperidine rings is 1. The molecule has 3 heterocycles. The molecule has 0 spiro atoms. The first-order valence-corrected chi connectivity index (χ1v) is 7.64. The molecule has 0 saturated carbocycles. The first-order valence-electron chi connectivity index (χ1n) is 6.76. The lowest BCUT2D eigenvalue weighted by Crippen LogP contribution is -2.33. The number of nitrogens with zero attached hydrogens (tertiary/aromatic N) is 3. The zero-order valence-corrected chi connectivity index (χ0v) is 12.1. The zero-order valence-electron chi connectivity index (χ0n) is 11.3. The van der Waals surface area contributed by atoms with E-state index in [-0.39, 0.29) is 0 Å². The third kappa shape index (κ3) is 2.43. The van der Waals surface area contributed by atoms with E-state index >= 15 is 0 Å². The molecule has 5 nitrogen and oxygen atoms in total. The zero-order chi connectivity index (χ0) is 14.1. The fourth-order valence-corrected chi connectivity index (χ4v) is 3.27. The van der Waals surface area contributed by atoms with E-state index < -0.39 is 5.97 Å². The van der Waals surface area contributed by atoms with Crippen molar-refractivity contribution in [2.75, 3.05) is 18.0 Å². The topological polar surface area (TPSA) is 57.8 Å². The quantitative estimate of drug-likeness (QED) is 0.883. The van der Waals surface area contributed by atoms with Gasteiger partial charge in [-0.2, -0.15) is 0 Å². The molecular formula is C14H17N3O2S. The van der Waals surface area contributed by atoms with Gasteiger partial charge in [-0.25, -0.2) is 9.78 Å². The number of hydrogen-bond acceptors (Lipinski definition) is 4. The number of aromatic nitrogens is 2. The second-order valence-corrected chi connectivity index (χ2v) is 6.09. The number of carboxylic acid groups (broad SMARTS) is 1. The molecule has 0 atom stereocenters. The van der Waals surface area contributed by atoms with E-state index in [9.17, 15) is 4.79 Å². The highest BCUT2D eigenvalue weighted by atomic mass is 32.1. The fourth-order valence-electron chi connectivity index (χ4n) is 2.55. The number of aliphatic carboxylic acids is 1. The Hall–Kier alpha value is -1.82. The van der Waals surface area contributed by atoms with E-state index in [0.29, 0.717) is 0 Å². The number of anilines is 1. The van der Waals surface area contributed by atoms with Gasteiger partial charge in [-0.1, -0.05) is 6.92 Å². The lowest BCUT2D eigenvalue weighted by Gasteiger charge is -2.30. The smallest absolute Gasteiger partial charge is 0.328 e. The summed E-state index contributed by atoms with van der Waals surface area (Å²) in [5.74, 6) is 0.725. The molecule has 1 aliphatic rings. The fraction of sp³-hybridized carbons (Fsp3) is 0.429. The molecule has 2 aromatic heterocycles. The molecule has 1 aliphatic heterocycles. The predicted molar refractivity (Wildman–Crippen MR) is 80.3 cm³/mol. The molecule has 106 valence electrons. The van der Waals surface area contributed by atoms with Crippen LogP contribution >= 0.6 is 11.3 Å². The van der Waals surface area contributed by atoms with Crippen LogP contribution in [-0.2, 0) is 4.79 Å². The Balaban J connectivity index is 1.98. The number of thiazole rings is 1. The average Bonchev–Trinajstić information content (AvgIpc) is 2.98. The molecule has 20 heavy (non-hydrogen) atoms. The van der Waals surface area contributed by atoms with Gasteiger partial charge in [0.25, 0.3) is 0 Å². The van der Waals surface area contributed by atoms with Crippen LogP contribution in [0.15, 0.2) is 17.7 Å². The van der Waals surface area contributed by atoms with Crippen LogP contribution in [0, 0.1) is 5.92 Å². The highest BCUT2D eigenvalue weighted by Crippen LogP contribution is 2.29. The summed E-state index contributed by atoms with van der Waals surface area (Å²) < 4.78 is 1.96. The minimum absolute atomic E-state index is 0.757. The molecule has 1 saturated heterocycles. The van der Waals surface area contributed by atoms with Crippen molar-refractivity contribution in [1.82, 2.24) is 9.38 Å². The summed E-state index contributed by atoms with van der Waals surface area (Å²) in [6.45, 7) is 4.24. The van der Waals surface area contributed by atoms with Crippen LogP contribution in [0.5, 0.6) is 0 Å². The van der Waals surface area contributed by atoms with Gasteiger partial charge < -0.3 is 10.0 Å². The van der Waals surface area contributed by atoms with Gasteiger partial charge in [-0.3, -0.25) is 4.40 Å². The second-order valence-electron chi connectivity index (χ2n) is 5.22. The van der Waals surface area contributed by atoms with Crippen LogP contribution in [0.2, 0.25) is 0 Å². The number of imidazole rings is 1. The van der Waals surface area contributed by atoms with E-state index in [1.54, 1.807) is 17.4 Å². The summed E-state index contributed by atoms with van der Waals surface area (Å²) >= 11 is 1.56. The highest BCUT2D eigenvalue weighted by molar-refractivity contribution is 7.15. The number of carbonyl (C=O) groups is 1. The summed E-state index contributed by atoms with van der Waals surface area (Å²) in [5, 5.41) is 10.8. The Morgan fingerprint density at radius 3 is 2.95 bits per heavy atom. The third-order valence-electron chi connectivity index (χ3n) is 3.75. The maximum absolute atomic E-state index is 10.8. The number of fused-ring (bicyclic) bond motifs is 1. The first-order chi connectivity index (χ1) is 9.65. The van der Waals surface area contributed by atoms with Crippen molar-refractivity contribution in [1.29, 1.82) is 0 Å². The molecule has 6 heteroatoms. The third-order valence-corrected chi connectivity index (χ3v) is 4.50. The molecule has 1 fully saturated rings. The van der Waals surface area contributed by atoms with Crippen LogP contribution in [0.1, 0.15) is 25.5 Å². The Morgan fingerprint density at radius 2 is 2.25 bits per heavy atom. The summed E-state index contributed by atoms with van der Waals surface area (Å²) in [4.78, 5) is 18.6. The molecule has 0 aliphatic carbocycles. The summed E-state index contributed by atoms with van der Waals surface area (Å²) in [5.41, 5.74) is 0.859. The first kappa shape index (κ1) is 13.2. The average molecular weight is 291 g/mol. The van der Waals surface area contributed by atoms with E-state index in [1.165, 1.54) is 6.08 Å². The summed E-state index contributed by atoms with van der Waals surface area (Å²) in [7, 11) is 0. The van der Waals surface area contributed by atoms with E-state index in [1.807, 2.05) is 16.0 Å². The monoisotopic (exact) mass is 291 g/mol. The maximum atomic E-state index is 10.8. The number of hydrogen-bond donors (Lipinski definition) is 1. The molecule has 0 amide bonds. The summed E-state index contributed by atoms with van der Waals surface area (Å²) in [6.07, 6.45) is 7.07. The van der Waals surface area contributed by atoms with Crippen LogP contribution in [-0.4, -0.2) is 33.6 Å². The standard InChI is InChI=1S/C14H17N3O2S/c1-10-4-6-16(7-5-10)13-11(2-3-12(18)19)17-8-9-20-14(17)15-13/h2-3,8-10H,4-7H2,1H3,(H,18,19). The normalized spacial score (nSPS) is 17.4. The van der Waals surface area contributed by atoms with Crippen molar-refractivity contribution in [2.45, 2.75) is 19.8 Å². The number of carboxylic acids is 1. The van der Waals surface area contributed by atoms with Crippen LogP contribution in [0.3, 0.4) is 0 Å².